The van der Waals surface area contributed by atoms with Crippen molar-refractivity contribution in [1.82, 2.24) is 23.9 Å². The lowest BCUT2D eigenvalue weighted by Gasteiger charge is -2.12. The van der Waals surface area contributed by atoms with Crippen molar-refractivity contribution >= 4 is 44.1 Å². The van der Waals surface area contributed by atoms with Crippen LogP contribution >= 0.6 is 22.9 Å². The number of fused-ring (bicyclic) bond motifs is 2. The Hall–Kier alpha value is -4.01. The van der Waals surface area contributed by atoms with Gasteiger partial charge in [0.25, 0.3) is 5.56 Å². The van der Waals surface area contributed by atoms with Crippen LogP contribution in [-0.4, -0.2) is 31.0 Å². The van der Waals surface area contributed by atoms with Crippen molar-refractivity contribution in [3.05, 3.63) is 68.5 Å². The Kier molecular flexibility index (Phi) is 5.62. The van der Waals surface area contributed by atoms with E-state index in [4.69, 9.17) is 21.6 Å². The third-order valence-corrected chi connectivity index (χ3v) is 7.08. The first-order valence-electron chi connectivity index (χ1n) is 10.3. The highest BCUT2D eigenvalue weighted by molar-refractivity contribution is 7.22. The number of thiophene rings is 1. The fourth-order valence-electron chi connectivity index (χ4n) is 4.02. The van der Waals surface area contributed by atoms with Crippen LogP contribution in [0.4, 0.5) is 4.39 Å². The summed E-state index contributed by atoms with van der Waals surface area (Å²) in [7, 11) is 3.11. The molecular formula is C23H16ClFN6O3S. The maximum atomic E-state index is 14.8. The van der Waals surface area contributed by atoms with E-state index in [0.717, 1.165) is 22.0 Å². The fraction of sp³-hybridized carbons (Fsp3) is 0.174. The van der Waals surface area contributed by atoms with Crippen LogP contribution in [0.25, 0.3) is 37.2 Å². The van der Waals surface area contributed by atoms with Gasteiger partial charge in [-0.05, 0) is 18.2 Å². The van der Waals surface area contributed by atoms with Crippen LogP contribution in [0, 0.1) is 17.1 Å². The molecule has 0 saturated carbocycles. The standard InChI is InChI=1S/C23H16ClFN6O3S/c1-29-20-12(10-28-29)9-27-11-17(20)31-22(32)21-16(30(23(31)33)5-3-4-26)8-19(35-21)13-6-18(34-2)14(24)7-15(13)25/h6-11H,3,5H2,1-2H3. The van der Waals surface area contributed by atoms with Crippen molar-refractivity contribution in [2.75, 3.05) is 7.11 Å². The molecule has 4 aromatic heterocycles. The Bertz CT molecular complexity index is 1800. The van der Waals surface area contributed by atoms with E-state index in [1.54, 1.807) is 30.2 Å². The first-order chi connectivity index (χ1) is 16.8. The number of rotatable bonds is 5. The number of nitrogens with zero attached hydrogens (tertiary/aromatic N) is 6. The van der Waals surface area contributed by atoms with E-state index in [1.807, 2.05) is 6.07 Å². The van der Waals surface area contributed by atoms with E-state index in [1.165, 1.54) is 23.9 Å². The molecule has 0 aliphatic rings. The quantitative estimate of drug-likeness (QED) is 0.355. The van der Waals surface area contributed by atoms with E-state index in [-0.39, 0.29) is 39.7 Å². The van der Waals surface area contributed by atoms with Gasteiger partial charge in [0, 0.05) is 35.6 Å². The summed E-state index contributed by atoms with van der Waals surface area (Å²) < 4.78 is 24.2. The zero-order valence-corrected chi connectivity index (χ0v) is 20.0. The smallest absolute Gasteiger partial charge is 0.336 e. The number of benzene rings is 1. The van der Waals surface area contributed by atoms with E-state index in [2.05, 4.69) is 10.1 Å². The van der Waals surface area contributed by atoms with Crippen LogP contribution in [0.15, 0.2) is 46.4 Å². The lowest BCUT2D eigenvalue weighted by atomic mass is 10.1. The molecule has 0 N–H and O–H groups in total. The molecule has 0 radical (unpaired) electrons. The van der Waals surface area contributed by atoms with Crippen molar-refractivity contribution in [3.8, 4) is 27.9 Å². The van der Waals surface area contributed by atoms with Crippen LogP contribution in [-0.2, 0) is 13.6 Å². The van der Waals surface area contributed by atoms with Gasteiger partial charge in [-0.25, -0.2) is 13.8 Å². The van der Waals surface area contributed by atoms with Crippen molar-refractivity contribution in [2.24, 2.45) is 7.05 Å². The largest absolute Gasteiger partial charge is 0.495 e. The zero-order chi connectivity index (χ0) is 24.9. The Balaban J connectivity index is 1.86. The number of ether oxygens (including phenoxy) is 1. The molecule has 0 fully saturated rings. The number of aromatic nitrogens is 5. The van der Waals surface area contributed by atoms with E-state index in [9.17, 15) is 14.0 Å². The van der Waals surface area contributed by atoms with Gasteiger partial charge in [0.1, 0.15) is 16.3 Å². The number of nitriles is 1. The number of hydrogen-bond acceptors (Lipinski definition) is 7. The van der Waals surface area contributed by atoms with Crippen molar-refractivity contribution in [1.29, 1.82) is 5.26 Å². The topological polar surface area (TPSA) is 108 Å². The zero-order valence-electron chi connectivity index (χ0n) is 18.5. The predicted octanol–water partition coefficient (Wildman–Crippen LogP) is 3.88. The van der Waals surface area contributed by atoms with Gasteiger partial charge in [-0.3, -0.25) is 19.0 Å². The van der Waals surface area contributed by atoms with E-state index >= 15 is 0 Å². The molecule has 0 saturated heterocycles. The van der Waals surface area contributed by atoms with Crippen LogP contribution in [0.1, 0.15) is 6.42 Å². The molecule has 1 aromatic carbocycles. The third kappa shape index (κ3) is 3.58. The Labute approximate surface area is 205 Å². The minimum absolute atomic E-state index is 0.0374. The molecule has 4 heterocycles. The van der Waals surface area contributed by atoms with Crippen LogP contribution in [0.3, 0.4) is 0 Å². The second-order valence-electron chi connectivity index (χ2n) is 7.64. The average molecular weight is 511 g/mol. The summed E-state index contributed by atoms with van der Waals surface area (Å²) >= 11 is 7.07. The molecule has 0 unspecified atom stereocenters. The number of hydrogen-bond donors (Lipinski definition) is 0. The molecule has 0 bridgehead atoms. The van der Waals surface area contributed by atoms with Crippen molar-refractivity contribution < 1.29 is 9.13 Å². The molecular weight excluding hydrogens is 495 g/mol. The molecule has 0 aliphatic heterocycles. The Morgan fingerprint density at radius 1 is 1.23 bits per heavy atom. The van der Waals surface area contributed by atoms with Gasteiger partial charge in [-0.15, -0.1) is 11.3 Å². The molecule has 0 aliphatic carbocycles. The molecule has 0 atom stereocenters. The molecule has 5 rings (SSSR count). The minimum Gasteiger partial charge on any atom is -0.495 e. The predicted molar refractivity (Wildman–Crippen MR) is 131 cm³/mol. The molecule has 5 aromatic rings. The number of halogens is 2. The summed E-state index contributed by atoms with van der Waals surface area (Å²) in [6.45, 7) is 0.0451. The summed E-state index contributed by atoms with van der Waals surface area (Å²) in [6, 6.07) is 6.17. The fourth-order valence-corrected chi connectivity index (χ4v) is 5.36. The SMILES string of the molecule is COc1cc(-c2cc3c(s2)c(=O)n(-c2cncc4cnn(C)c24)c(=O)n3CCC#N)c(F)cc1Cl. The maximum Gasteiger partial charge on any atom is 0.336 e. The van der Waals surface area contributed by atoms with Gasteiger partial charge < -0.3 is 4.74 Å². The van der Waals surface area contributed by atoms with Gasteiger partial charge in [0.15, 0.2) is 0 Å². The first-order valence-corrected chi connectivity index (χ1v) is 11.5. The summed E-state index contributed by atoms with van der Waals surface area (Å²) in [5.41, 5.74) is 0.0890. The van der Waals surface area contributed by atoms with Crippen molar-refractivity contribution in [2.45, 2.75) is 13.0 Å². The van der Waals surface area contributed by atoms with Gasteiger partial charge in [0.2, 0.25) is 0 Å². The summed E-state index contributed by atoms with van der Waals surface area (Å²) in [6.07, 6.45) is 4.63. The highest BCUT2D eigenvalue weighted by Crippen LogP contribution is 2.38. The molecule has 0 spiro atoms. The van der Waals surface area contributed by atoms with Gasteiger partial charge in [-0.2, -0.15) is 10.4 Å². The van der Waals surface area contributed by atoms with E-state index < -0.39 is 17.1 Å². The summed E-state index contributed by atoms with van der Waals surface area (Å²) in [4.78, 5) is 31.8. The number of pyridine rings is 1. The van der Waals surface area contributed by atoms with E-state index in [0.29, 0.717) is 21.3 Å². The molecule has 0 amide bonds. The summed E-state index contributed by atoms with van der Waals surface area (Å²) in [5, 5.41) is 14.1. The van der Waals surface area contributed by atoms with Gasteiger partial charge in [0.05, 0.1) is 53.7 Å². The Morgan fingerprint density at radius 2 is 2.03 bits per heavy atom. The van der Waals surface area contributed by atoms with Gasteiger partial charge >= 0.3 is 5.69 Å². The highest BCUT2D eigenvalue weighted by atomic mass is 35.5. The third-order valence-electron chi connectivity index (χ3n) is 5.64. The maximum absolute atomic E-state index is 14.8. The molecule has 35 heavy (non-hydrogen) atoms. The van der Waals surface area contributed by atoms with Gasteiger partial charge in [-0.1, -0.05) is 11.6 Å². The van der Waals surface area contributed by atoms with Crippen LogP contribution in [0.2, 0.25) is 5.02 Å². The normalized spacial score (nSPS) is 11.3. The average Bonchev–Trinajstić information content (AvgIpc) is 3.44. The molecule has 9 nitrogen and oxygen atoms in total. The lowest BCUT2D eigenvalue weighted by molar-refractivity contribution is 0.414. The second kappa shape index (κ2) is 8.65. The number of methoxy groups -OCH3 is 1. The first kappa shape index (κ1) is 22.8. The lowest BCUT2D eigenvalue weighted by Crippen LogP contribution is -2.38. The van der Waals surface area contributed by atoms with Crippen LogP contribution < -0.4 is 16.0 Å². The molecule has 12 heteroatoms. The van der Waals surface area contributed by atoms with Crippen LogP contribution in [0.5, 0.6) is 5.75 Å². The minimum atomic E-state index is -0.633. The Morgan fingerprint density at radius 3 is 2.77 bits per heavy atom. The second-order valence-corrected chi connectivity index (χ2v) is 9.10. The monoisotopic (exact) mass is 510 g/mol. The highest BCUT2D eigenvalue weighted by Gasteiger charge is 2.22. The summed E-state index contributed by atoms with van der Waals surface area (Å²) in [5.74, 6) is -0.328. The molecule has 176 valence electrons. The number of aryl methyl sites for hydroxylation is 2. The van der Waals surface area contributed by atoms with Crippen molar-refractivity contribution in [3.63, 3.8) is 0 Å².